The number of aromatic hydroxyl groups is 1. The summed E-state index contributed by atoms with van der Waals surface area (Å²) in [6, 6.07) is 39.2. The summed E-state index contributed by atoms with van der Waals surface area (Å²) >= 11 is 0. The molecule has 9 rings (SSSR count). The van der Waals surface area contributed by atoms with Gasteiger partial charge in [-0.15, -0.1) is 0 Å². The lowest BCUT2D eigenvalue weighted by Gasteiger charge is -2.33. The average molecular weight is 934 g/mol. The number of H-pyrrole nitrogens is 1. The van der Waals surface area contributed by atoms with Gasteiger partial charge in [-0.3, -0.25) is 19.3 Å². The molecule has 5 aromatic carbocycles. The number of aliphatic hydroxyl groups is 2. The van der Waals surface area contributed by atoms with Gasteiger partial charge in [-0.2, -0.15) is 0 Å². The summed E-state index contributed by atoms with van der Waals surface area (Å²) in [5, 5.41) is 37.2. The maximum absolute atomic E-state index is 14.0. The van der Waals surface area contributed by atoms with Gasteiger partial charge in [0.2, 0.25) is 11.2 Å². The van der Waals surface area contributed by atoms with E-state index in [-0.39, 0.29) is 71.8 Å². The van der Waals surface area contributed by atoms with Gasteiger partial charge >= 0.3 is 5.97 Å². The Hall–Kier alpha value is -6.84. The van der Waals surface area contributed by atoms with E-state index in [0.717, 1.165) is 44.5 Å². The third-order valence-corrected chi connectivity index (χ3v) is 14.1. The molecule has 0 bridgehead atoms. The van der Waals surface area contributed by atoms with Crippen molar-refractivity contribution in [2.24, 2.45) is 11.8 Å². The molecule has 0 radical (unpaired) electrons. The van der Waals surface area contributed by atoms with Crippen molar-refractivity contribution in [1.82, 2.24) is 25.0 Å². The minimum absolute atomic E-state index is 0.0608. The van der Waals surface area contributed by atoms with E-state index < -0.39 is 17.7 Å². The molecule has 0 spiro atoms. The number of aromatic nitrogens is 1. The third kappa shape index (κ3) is 10.7. The highest BCUT2D eigenvalue weighted by molar-refractivity contribution is 5.95. The van der Waals surface area contributed by atoms with Crippen LogP contribution in [0.3, 0.4) is 0 Å². The first-order valence-electron chi connectivity index (χ1n) is 23.9. The number of ether oxygens (including phenoxy) is 2. The number of aromatic amines is 1. The summed E-state index contributed by atoms with van der Waals surface area (Å²) in [5.74, 6) is -0.467. The van der Waals surface area contributed by atoms with Gasteiger partial charge in [0.05, 0.1) is 24.3 Å². The predicted octanol–water partition coefficient (Wildman–Crippen LogP) is 5.54. The number of fused-ring (bicyclic) bond motifs is 2. The number of carbonyl (C=O) groups excluding carboxylic acids is 3. The number of amides is 2. The highest BCUT2D eigenvalue weighted by Crippen LogP contribution is 2.36. The molecule has 14 nitrogen and oxygen atoms in total. The summed E-state index contributed by atoms with van der Waals surface area (Å²) in [4.78, 5) is 61.8. The maximum Gasteiger partial charge on any atom is 0.347 e. The number of hydrogen-bond acceptors (Lipinski definition) is 11. The zero-order valence-electron chi connectivity index (χ0n) is 38.5. The molecular weight excluding hydrogens is 875 g/mol. The molecule has 6 aromatic rings. The molecule has 1 aromatic heterocycles. The van der Waals surface area contributed by atoms with Gasteiger partial charge in [0.15, 0.2) is 6.61 Å². The number of likely N-dealkylation sites (tertiary alicyclic amines) is 3. The third-order valence-electron chi connectivity index (χ3n) is 14.1. The second kappa shape index (κ2) is 21.2. The molecule has 14 heteroatoms. The van der Waals surface area contributed by atoms with Crippen LogP contribution < -0.4 is 15.6 Å². The molecule has 0 saturated carbocycles. The van der Waals surface area contributed by atoms with E-state index in [1.165, 1.54) is 17.7 Å². The number of esters is 1. The molecule has 5 N–H and O–H groups in total. The van der Waals surface area contributed by atoms with Crippen LogP contribution in [0.2, 0.25) is 0 Å². The Bertz CT molecular complexity index is 2800. The molecule has 4 atom stereocenters. The standard InChI is InChI=1S/C55H59N5O9/c61-48-20-18-45(46-19-21-50(63)57-52(46)48)49(62)31-56-26-22-37-14-16-40(17-15-37)53(65)60-29-25-41-33-59(34-47(41)60)51(64)36-68-44-13-7-12-43(30-44)55(67,42-10-5-2-6-11-42)54(66)69-35-39-23-27-58(28-24-39)32-38-8-3-1-4-9-38/h1-21,30,39,41,47,49,56,61-62,67H,22-29,31-36H2,(H,57,63). The maximum atomic E-state index is 14.0. The van der Waals surface area contributed by atoms with Crippen molar-refractivity contribution in [3.8, 4) is 11.5 Å². The molecule has 358 valence electrons. The normalized spacial score (nSPS) is 18.7. The number of aliphatic hydroxyl groups excluding tert-OH is 1. The Labute approximate surface area is 401 Å². The van der Waals surface area contributed by atoms with E-state index >= 15 is 0 Å². The molecule has 3 fully saturated rings. The number of pyridine rings is 1. The van der Waals surface area contributed by atoms with Gasteiger partial charge in [0.1, 0.15) is 11.5 Å². The summed E-state index contributed by atoms with van der Waals surface area (Å²) in [6.45, 7) is 5.00. The monoisotopic (exact) mass is 933 g/mol. The summed E-state index contributed by atoms with van der Waals surface area (Å²) in [6.07, 6.45) is 2.36. The van der Waals surface area contributed by atoms with E-state index in [4.69, 9.17) is 9.47 Å². The molecule has 3 aliphatic rings. The lowest BCUT2D eigenvalue weighted by molar-refractivity contribution is -0.164. The second-order valence-electron chi connectivity index (χ2n) is 18.6. The predicted molar refractivity (Wildman–Crippen MR) is 261 cm³/mol. The number of phenols is 1. The van der Waals surface area contributed by atoms with Gasteiger partial charge in [-0.05, 0) is 110 Å². The van der Waals surface area contributed by atoms with Crippen LogP contribution in [-0.4, -0.2) is 118 Å². The molecule has 2 amide bonds. The Morgan fingerprint density at radius 3 is 2.30 bits per heavy atom. The zero-order chi connectivity index (χ0) is 47.9. The van der Waals surface area contributed by atoms with Crippen LogP contribution in [0, 0.1) is 11.8 Å². The van der Waals surface area contributed by atoms with Crippen LogP contribution in [0.15, 0.2) is 138 Å². The van der Waals surface area contributed by atoms with Gasteiger partial charge in [-0.1, -0.05) is 91.0 Å². The number of phenolic OH excluding ortho intramolecular Hbond substituents is 1. The highest BCUT2D eigenvalue weighted by Gasteiger charge is 2.45. The SMILES string of the molecule is O=C(COc1cccc(C(O)(C(=O)OCC2CCN(Cc3ccccc3)CC2)c2ccccc2)c1)N1CC2CCN(C(=O)c3ccc(CCNCC(O)c4ccc(O)c5[nH]c(=O)ccc45)cc3)C2C1. The van der Waals surface area contributed by atoms with Crippen LogP contribution in [0.5, 0.6) is 11.5 Å². The Balaban J connectivity index is 0.749. The first kappa shape index (κ1) is 47.2. The van der Waals surface area contributed by atoms with Crippen molar-refractivity contribution < 1.29 is 39.2 Å². The largest absolute Gasteiger partial charge is 0.506 e. The van der Waals surface area contributed by atoms with Gasteiger partial charge in [0.25, 0.3) is 11.8 Å². The van der Waals surface area contributed by atoms with E-state index in [1.807, 2.05) is 53.4 Å². The molecule has 3 saturated heterocycles. The topological polar surface area (TPSA) is 185 Å². The fourth-order valence-electron chi connectivity index (χ4n) is 10.1. The van der Waals surface area contributed by atoms with Crippen molar-refractivity contribution in [3.63, 3.8) is 0 Å². The Morgan fingerprint density at radius 1 is 0.797 bits per heavy atom. The van der Waals surface area contributed by atoms with Crippen LogP contribution >= 0.6 is 0 Å². The lowest BCUT2D eigenvalue weighted by Crippen LogP contribution is -2.41. The number of nitrogens with zero attached hydrogens (tertiary/aromatic N) is 3. The number of carbonyl (C=O) groups is 3. The smallest absolute Gasteiger partial charge is 0.347 e. The fraction of sp³-hybridized carbons (Fsp3) is 0.345. The number of hydrogen-bond donors (Lipinski definition) is 5. The molecule has 69 heavy (non-hydrogen) atoms. The van der Waals surface area contributed by atoms with Crippen molar-refractivity contribution in [2.75, 3.05) is 59.0 Å². The minimum atomic E-state index is -2.11. The minimum Gasteiger partial charge on any atom is -0.506 e. The zero-order valence-corrected chi connectivity index (χ0v) is 38.5. The molecule has 4 unspecified atom stereocenters. The molecule has 4 heterocycles. The van der Waals surface area contributed by atoms with E-state index in [2.05, 4.69) is 27.3 Å². The number of nitrogens with one attached hydrogen (secondary N) is 2. The van der Waals surface area contributed by atoms with Crippen molar-refractivity contribution in [3.05, 3.63) is 177 Å². The Morgan fingerprint density at radius 2 is 1.54 bits per heavy atom. The lowest BCUT2D eigenvalue weighted by atomic mass is 9.86. The second-order valence-corrected chi connectivity index (χ2v) is 18.6. The summed E-state index contributed by atoms with van der Waals surface area (Å²) < 4.78 is 11.9. The van der Waals surface area contributed by atoms with Crippen LogP contribution in [0.4, 0.5) is 0 Å². The van der Waals surface area contributed by atoms with E-state index in [9.17, 15) is 34.5 Å². The number of rotatable bonds is 17. The Kier molecular flexibility index (Phi) is 14.5. The van der Waals surface area contributed by atoms with Crippen molar-refractivity contribution in [2.45, 2.75) is 50.0 Å². The first-order chi connectivity index (χ1) is 33.5. The molecule has 3 aliphatic heterocycles. The van der Waals surface area contributed by atoms with Gasteiger partial charge in [0, 0.05) is 61.2 Å². The summed E-state index contributed by atoms with van der Waals surface area (Å²) in [7, 11) is 0. The van der Waals surface area contributed by atoms with Crippen molar-refractivity contribution in [1.29, 1.82) is 0 Å². The number of benzene rings is 5. The fourth-order valence-corrected chi connectivity index (χ4v) is 10.1. The van der Waals surface area contributed by atoms with Gasteiger partial charge < -0.3 is 44.9 Å². The highest BCUT2D eigenvalue weighted by atomic mass is 16.6. The first-order valence-corrected chi connectivity index (χ1v) is 23.9. The molecular formula is C55H59N5O9. The van der Waals surface area contributed by atoms with E-state index in [1.54, 1.807) is 65.6 Å². The average Bonchev–Trinajstić information content (AvgIpc) is 3.99. The quantitative estimate of drug-likeness (QED) is 0.0572. The van der Waals surface area contributed by atoms with E-state index in [0.29, 0.717) is 60.4 Å². The van der Waals surface area contributed by atoms with Crippen LogP contribution in [0.25, 0.3) is 10.9 Å². The van der Waals surface area contributed by atoms with Crippen molar-refractivity contribution >= 4 is 28.7 Å². The number of piperidine rings is 1. The van der Waals surface area contributed by atoms with Crippen LogP contribution in [0.1, 0.15) is 63.5 Å². The van der Waals surface area contributed by atoms with Gasteiger partial charge in [-0.25, -0.2) is 4.79 Å². The van der Waals surface area contributed by atoms with Crippen LogP contribution in [-0.2, 0) is 32.9 Å². The summed E-state index contributed by atoms with van der Waals surface area (Å²) in [5.41, 5.74) is 1.94. The molecule has 0 aliphatic carbocycles.